The molecule has 1 rings (SSSR count). The average molecular weight is 200 g/mol. The van der Waals surface area contributed by atoms with Crippen molar-refractivity contribution in [3.8, 4) is 12.1 Å². The third-order valence-corrected chi connectivity index (χ3v) is 3.23. The molecule has 78 valence electrons. The van der Waals surface area contributed by atoms with Gasteiger partial charge >= 0.3 is 0 Å². The van der Waals surface area contributed by atoms with Crippen LogP contribution in [-0.4, -0.2) is 0 Å². The molecule has 0 saturated heterocycles. The Bertz CT molecular complexity index is 347. The zero-order valence-corrected chi connectivity index (χ0v) is 9.33. The summed E-state index contributed by atoms with van der Waals surface area (Å²) in [5.74, 6) is 0.797. The number of allylic oxidation sites excluding steroid dienone is 4. The molecule has 0 aromatic carbocycles. The molecule has 1 aliphatic carbocycles. The first-order chi connectivity index (χ1) is 7.20. The highest BCUT2D eigenvalue weighted by molar-refractivity contribution is 5.40. The molecule has 2 heteroatoms. The predicted octanol–water partition coefficient (Wildman–Crippen LogP) is 3.34. The van der Waals surface area contributed by atoms with E-state index in [1.165, 1.54) is 12.8 Å². The van der Waals surface area contributed by atoms with Crippen LogP contribution in [-0.2, 0) is 0 Å². The quantitative estimate of drug-likeness (QED) is 0.507. The molecule has 0 amide bonds. The van der Waals surface area contributed by atoms with Crippen molar-refractivity contribution in [3.63, 3.8) is 0 Å². The standard InChI is InChI=1S/C13H16N2/c1-10(11(2)13(8-14)9-15)12-6-4-3-5-7-12/h4,6,10,12H,3,5,7H2,1-2H3/t10-,12-/m0/s1. The van der Waals surface area contributed by atoms with Gasteiger partial charge in [0, 0.05) is 0 Å². The molecule has 2 nitrogen and oxygen atoms in total. The lowest BCUT2D eigenvalue weighted by atomic mass is 9.80. The van der Waals surface area contributed by atoms with E-state index in [-0.39, 0.29) is 5.57 Å². The van der Waals surface area contributed by atoms with Gasteiger partial charge in [-0.1, -0.05) is 19.1 Å². The molecule has 0 aromatic rings. The van der Waals surface area contributed by atoms with Gasteiger partial charge in [-0.15, -0.1) is 0 Å². The Balaban J connectivity index is 2.85. The first kappa shape index (κ1) is 11.5. The molecule has 2 atom stereocenters. The van der Waals surface area contributed by atoms with E-state index in [0.717, 1.165) is 12.0 Å². The third kappa shape index (κ3) is 2.70. The van der Waals surface area contributed by atoms with Crippen LogP contribution < -0.4 is 0 Å². The van der Waals surface area contributed by atoms with Crippen molar-refractivity contribution in [2.24, 2.45) is 11.8 Å². The van der Waals surface area contributed by atoms with E-state index < -0.39 is 0 Å². The molecule has 0 fully saturated rings. The summed E-state index contributed by atoms with van der Waals surface area (Å²) in [4.78, 5) is 0. The van der Waals surface area contributed by atoms with E-state index in [1.807, 2.05) is 19.1 Å². The smallest absolute Gasteiger partial charge is 0.128 e. The maximum absolute atomic E-state index is 8.80. The molecule has 0 radical (unpaired) electrons. The van der Waals surface area contributed by atoms with Crippen molar-refractivity contribution in [2.75, 3.05) is 0 Å². The highest BCUT2D eigenvalue weighted by atomic mass is 14.3. The largest absolute Gasteiger partial charge is 0.192 e. The molecule has 0 aliphatic heterocycles. The van der Waals surface area contributed by atoms with Crippen LogP contribution in [0.15, 0.2) is 23.3 Å². The second-order valence-corrected chi connectivity index (χ2v) is 4.09. The minimum Gasteiger partial charge on any atom is -0.192 e. The number of hydrogen-bond acceptors (Lipinski definition) is 2. The van der Waals surface area contributed by atoms with Gasteiger partial charge < -0.3 is 0 Å². The summed E-state index contributed by atoms with van der Waals surface area (Å²) in [5.41, 5.74) is 1.21. The van der Waals surface area contributed by atoms with Gasteiger partial charge in [0.1, 0.15) is 17.7 Å². The lowest BCUT2D eigenvalue weighted by molar-refractivity contribution is 0.429. The van der Waals surface area contributed by atoms with Gasteiger partial charge in [0.15, 0.2) is 0 Å². The van der Waals surface area contributed by atoms with E-state index in [2.05, 4.69) is 19.1 Å². The maximum Gasteiger partial charge on any atom is 0.128 e. The predicted molar refractivity (Wildman–Crippen MR) is 59.6 cm³/mol. The molecule has 15 heavy (non-hydrogen) atoms. The van der Waals surface area contributed by atoms with Crippen LogP contribution in [0.25, 0.3) is 0 Å². The Kier molecular flexibility index (Phi) is 4.13. The van der Waals surface area contributed by atoms with Gasteiger partial charge in [-0.25, -0.2) is 0 Å². The SMILES string of the molecule is CC(=C(C#N)C#N)[C@H](C)[C@H]1C=CCCC1. The van der Waals surface area contributed by atoms with E-state index in [1.54, 1.807) is 0 Å². The first-order valence-electron chi connectivity index (χ1n) is 5.38. The third-order valence-electron chi connectivity index (χ3n) is 3.23. The lowest BCUT2D eigenvalue weighted by Gasteiger charge is -2.24. The van der Waals surface area contributed by atoms with Gasteiger partial charge in [-0.3, -0.25) is 0 Å². The topological polar surface area (TPSA) is 47.6 Å². The van der Waals surface area contributed by atoms with Gasteiger partial charge in [-0.05, 0) is 43.6 Å². The van der Waals surface area contributed by atoms with Crippen molar-refractivity contribution in [1.82, 2.24) is 0 Å². The van der Waals surface area contributed by atoms with Gasteiger partial charge in [0.05, 0.1) is 0 Å². The van der Waals surface area contributed by atoms with E-state index in [4.69, 9.17) is 10.5 Å². The van der Waals surface area contributed by atoms with Crippen LogP contribution in [0.1, 0.15) is 33.1 Å². The Hall–Kier alpha value is -1.54. The van der Waals surface area contributed by atoms with Crippen molar-refractivity contribution in [3.05, 3.63) is 23.3 Å². The van der Waals surface area contributed by atoms with Gasteiger partial charge in [-0.2, -0.15) is 10.5 Å². The van der Waals surface area contributed by atoms with Crippen molar-refractivity contribution in [1.29, 1.82) is 10.5 Å². The Labute approximate surface area is 91.5 Å². The van der Waals surface area contributed by atoms with Crippen molar-refractivity contribution < 1.29 is 0 Å². The molecule has 0 aromatic heterocycles. The first-order valence-corrected chi connectivity index (χ1v) is 5.38. The number of rotatable bonds is 2. The highest BCUT2D eigenvalue weighted by Gasteiger charge is 2.19. The molecule has 0 bridgehead atoms. The van der Waals surface area contributed by atoms with E-state index in [0.29, 0.717) is 11.8 Å². The molecule has 0 N–H and O–H groups in total. The summed E-state index contributed by atoms with van der Waals surface area (Å²) in [5, 5.41) is 17.6. The van der Waals surface area contributed by atoms with Crippen molar-refractivity contribution in [2.45, 2.75) is 33.1 Å². The molecule has 0 heterocycles. The Morgan fingerprint density at radius 2 is 2.07 bits per heavy atom. The molecular formula is C13H16N2. The van der Waals surface area contributed by atoms with Crippen LogP contribution in [0, 0.1) is 34.5 Å². The zero-order valence-electron chi connectivity index (χ0n) is 9.33. The number of nitrogens with zero attached hydrogens (tertiary/aromatic N) is 2. The summed E-state index contributed by atoms with van der Waals surface area (Å²) in [6, 6.07) is 3.93. The normalized spacial score (nSPS) is 21.2. The summed E-state index contributed by atoms with van der Waals surface area (Å²) >= 11 is 0. The molecule has 0 unspecified atom stereocenters. The number of hydrogen-bond donors (Lipinski definition) is 0. The van der Waals surface area contributed by atoms with E-state index >= 15 is 0 Å². The minimum atomic E-state index is 0.279. The summed E-state index contributed by atoms with van der Waals surface area (Å²) in [6.07, 6.45) is 7.97. The van der Waals surface area contributed by atoms with Gasteiger partial charge in [0.25, 0.3) is 0 Å². The Morgan fingerprint density at radius 3 is 2.53 bits per heavy atom. The monoisotopic (exact) mass is 200 g/mol. The Morgan fingerprint density at radius 1 is 1.40 bits per heavy atom. The molecule has 1 aliphatic rings. The van der Waals surface area contributed by atoms with Crippen LogP contribution in [0.4, 0.5) is 0 Å². The molecule has 0 saturated carbocycles. The fraction of sp³-hybridized carbons (Fsp3) is 0.538. The summed E-state index contributed by atoms with van der Waals surface area (Å²) in [6.45, 7) is 4.00. The van der Waals surface area contributed by atoms with Gasteiger partial charge in [0.2, 0.25) is 0 Å². The fourth-order valence-electron chi connectivity index (χ4n) is 2.01. The van der Waals surface area contributed by atoms with Crippen molar-refractivity contribution >= 4 is 0 Å². The second-order valence-electron chi connectivity index (χ2n) is 4.09. The van der Waals surface area contributed by atoms with Crippen LogP contribution in [0.5, 0.6) is 0 Å². The average Bonchev–Trinajstić information content (AvgIpc) is 2.30. The summed E-state index contributed by atoms with van der Waals surface area (Å²) < 4.78 is 0. The van der Waals surface area contributed by atoms with E-state index in [9.17, 15) is 0 Å². The van der Waals surface area contributed by atoms with Crippen LogP contribution in [0.2, 0.25) is 0 Å². The number of nitriles is 2. The lowest BCUT2D eigenvalue weighted by Crippen LogP contribution is -2.13. The fourth-order valence-corrected chi connectivity index (χ4v) is 2.01. The highest BCUT2D eigenvalue weighted by Crippen LogP contribution is 2.30. The summed E-state index contributed by atoms with van der Waals surface area (Å²) in [7, 11) is 0. The zero-order chi connectivity index (χ0) is 11.3. The minimum absolute atomic E-state index is 0.279. The molecular weight excluding hydrogens is 184 g/mol. The van der Waals surface area contributed by atoms with Crippen LogP contribution >= 0.6 is 0 Å². The second kappa shape index (κ2) is 5.37. The maximum atomic E-state index is 8.80. The van der Waals surface area contributed by atoms with Crippen LogP contribution in [0.3, 0.4) is 0 Å². The molecule has 0 spiro atoms.